The van der Waals surface area contributed by atoms with Crippen LogP contribution in [0.5, 0.6) is 0 Å². The second kappa shape index (κ2) is 9.07. The van der Waals surface area contributed by atoms with Crippen LogP contribution in [-0.2, 0) is 5.41 Å². The average Bonchev–Trinajstić information content (AvgIpc) is 2.79. The largest absolute Gasteiger partial charge is 0.344 e. The number of allylic oxidation sites excluding steroid dienone is 6. The highest BCUT2D eigenvalue weighted by Gasteiger charge is 2.38. The summed E-state index contributed by atoms with van der Waals surface area (Å²) in [6.45, 7) is 12.6. The van der Waals surface area contributed by atoms with Crippen molar-refractivity contribution in [3.63, 3.8) is 0 Å². The van der Waals surface area contributed by atoms with E-state index < -0.39 is 0 Å². The molecule has 0 N–H and O–H groups in total. The summed E-state index contributed by atoms with van der Waals surface area (Å²) in [5.41, 5.74) is 4.26. The predicted octanol–water partition coefficient (Wildman–Crippen LogP) is 6.90. The Labute approximate surface area is 168 Å². The van der Waals surface area contributed by atoms with Gasteiger partial charge in [0.1, 0.15) is 0 Å². The van der Waals surface area contributed by atoms with Gasteiger partial charge in [-0.15, -0.1) is 0 Å². The normalized spacial score (nSPS) is 19.5. The predicted molar refractivity (Wildman–Crippen MR) is 121 cm³/mol. The van der Waals surface area contributed by atoms with Gasteiger partial charge in [-0.05, 0) is 36.0 Å². The van der Waals surface area contributed by atoms with Gasteiger partial charge < -0.3 is 4.90 Å². The van der Waals surface area contributed by atoms with Crippen LogP contribution in [0.2, 0.25) is 0 Å². The van der Waals surface area contributed by atoms with Crippen molar-refractivity contribution in [2.45, 2.75) is 46.5 Å². The first-order valence-corrected chi connectivity index (χ1v) is 10.9. The van der Waals surface area contributed by atoms with Crippen molar-refractivity contribution in [2.75, 3.05) is 15.9 Å². The van der Waals surface area contributed by atoms with Crippen LogP contribution in [0.25, 0.3) is 0 Å². The number of halogens is 1. The molecule has 0 saturated heterocycles. The minimum Gasteiger partial charge on any atom is -0.344 e. The molecule has 1 aliphatic heterocycles. The van der Waals surface area contributed by atoms with Gasteiger partial charge in [0.05, 0.1) is 0 Å². The summed E-state index contributed by atoms with van der Waals surface area (Å²) in [5, 5.41) is 0. The fraction of sp³-hybridized carbons (Fsp3) is 0.478. The van der Waals surface area contributed by atoms with Crippen molar-refractivity contribution in [3.8, 4) is 0 Å². The van der Waals surface area contributed by atoms with Crippen LogP contribution in [0.3, 0.4) is 0 Å². The van der Waals surface area contributed by atoms with Crippen molar-refractivity contribution in [2.24, 2.45) is 11.8 Å². The topological polar surface area (TPSA) is 3.24 Å². The molecular weight excluding hydrogens is 417 g/mol. The summed E-state index contributed by atoms with van der Waals surface area (Å²) in [4.78, 5) is 2.49. The Kier molecular flexibility index (Phi) is 7.36. The van der Waals surface area contributed by atoms with Crippen molar-refractivity contribution >= 4 is 28.3 Å². The van der Waals surface area contributed by atoms with Gasteiger partial charge in [0.2, 0.25) is 0 Å². The fourth-order valence-corrected chi connectivity index (χ4v) is 4.79. The van der Waals surface area contributed by atoms with E-state index in [4.69, 9.17) is 0 Å². The number of nitrogens with zero attached hydrogens (tertiary/aromatic N) is 1. The summed E-state index contributed by atoms with van der Waals surface area (Å²) in [7, 11) is 0. The molecular formula is C23H32IN. The third-order valence-electron chi connectivity index (χ3n) is 5.12. The monoisotopic (exact) mass is 449 g/mol. The number of fused-ring (bicyclic) bond motifs is 1. The Hall–Kier alpha value is -1.03. The van der Waals surface area contributed by atoms with Crippen molar-refractivity contribution in [1.82, 2.24) is 0 Å². The highest BCUT2D eigenvalue weighted by Crippen LogP contribution is 2.47. The van der Waals surface area contributed by atoms with Gasteiger partial charge in [0.15, 0.2) is 0 Å². The molecule has 0 bridgehead atoms. The highest BCUT2D eigenvalue weighted by atomic mass is 127. The fourth-order valence-electron chi connectivity index (χ4n) is 3.48. The maximum absolute atomic E-state index is 2.49. The maximum atomic E-state index is 2.49. The van der Waals surface area contributed by atoms with Crippen LogP contribution in [0, 0.1) is 11.8 Å². The standard InChI is InChI=1S/C23H32IN/c1-6-16-25-21-14-11-10-13-20(21)23(4,5)22(25)15-9-7-8-12-19(17-24)18(2)3/h7-15,18-19H,6,16-17H2,1-5H3. The van der Waals surface area contributed by atoms with Gasteiger partial charge in [0.25, 0.3) is 0 Å². The van der Waals surface area contributed by atoms with Gasteiger partial charge in [-0.1, -0.05) is 99.7 Å². The lowest BCUT2D eigenvalue weighted by Gasteiger charge is -2.26. The first-order chi connectivity index (χ1) is 11.9. The van der Waals surface area contributed by atoms with Gasteiger partial charge >= 0.3 is 0 Å². The second-order valence-electron chi connectivity index (χ2n) is 7.68. The molecule has 25 heavy (non-hydrogen) atoms. The zero-order valence-corrected chi connectivity index (χ0v) is 18.5. The molecule has 1 atom stereocenters. The van der Waals surface area contributed by atoms with Crippen molar-refractivity contribution < 1.29 is 0 Å². The SMILES string of the molecule is CCCN1C(=CC=CC=CC(CI)C(C)C)C(C)(C)c2ccccc21. The Morgan fingerprint density at radius 3 is 2.48 bits per heavy atom. The molecule has 1 heterocycles. The van der Waals surface area contributed by atoms with E-state index in [1.807, 2.05) is 0 Å². The summed E-state index contributed by atoms with van der Waals surface area (Å²) in [6.07, 6.45) is 12.4. The summed E-state index contributed by atoms with van der Waals surface area (Å²) in [6, 6.07) is 8.83. The number of rotatable bonds is 7. The minimum absolute atomic E-state index is 0.0580. The second-order valence-corrected chi connectivity index (χ2v) is 8.56. The molecule has 0 fully saturated rings. The van der Waals surface area contributed by atoms with Crippen LogP contribution in [0.1, 0.15) is 46.6 Å². The third kappa shape index (κ3) is 4.58. The molecule has 1 aliphatic rings. The first kappa shape index (κ1) is 20.3. The molecule has 2 rings (SSSR count). The summed E-state index contributed by atoms with van der Waals surface area (Å²) < 4.78 is 1.17. The number of hydrogen-bond acceptors (Lipinski definition) is 1. The summed E-state index contributed by atoms with van der Waals surface area (Å²) in [5.74, 6) is 1.35. The number of alkyl halides is 1. The molecule has 2 heteroatoms. The van der Waals surface area contributed by atoms with Crippen LogP contribution in [0.15, 0.2) is 60.3 Å². The average molecular weight is 449 g/mol. The molecule has 1 nitrogen and oxygen atoms in total. The van der Waals surface area contributed by atoms with Gasteiger partial charge in [-0.3, -0.25) is 0 Å². The number of anilines is 1. The molecule has 0 aliphatic carbocycles. The Bertz CT molecular complexity index is 652. The molecule has 0 radical (unpaired) electrons. The lowest BCUT2D eigenvalue weighted by molar-refractivity contribution is 0.517. The minimum atomic E-state index is 0.0580. The number of benzene rings is 1. The molecule has 136 valence electrons. The Balaban J connectivity index is 2.23. The highest BCUT2D eigenvalue weighted by molar-refractivity contribution is 14.1. The smallest absolute Gasteiger partial charge is 0.0450 e. The van der Waals surface area contributed by atoms with E-state index in [0.717, 1.165) is 13.0 Å². The van der Waals surface area contributed by atoms with Crippen molar-refractivity contribution in [1.29, 1.82) is 0 Å². The molecule has 0 spiro atoms. The van der Waals surface area contributed by atoms with Crippen molar-refractivity contribution in [3.05, 3.63) is 65.9 Å². The molecule has 1 unspecified atom stereocenters. The van der Waals surface area contributed by atoms with Gasteiger partial charge in [-0.25, -0.2) is 0 Å². The molecule has 1 aromatic carbocycles. The third-order valence-corrected chi connectivity index (χ3v) is 6.13. The number of para-hydroxylation sites is 1. The molecule has 1 aromatic rings. The molecule has 0 saturated carbocycles. The van der Waals surface area contributed by atoms with E-state index in [0.29, 0.717) is 11.8 Å². The van der Waals surface area contributed by atoms with Gasteiger partial charge in [0, 0.05) is 27.8 Å². The number of hydrogen-bond donors (Lipinski definition) is 0. The van der Waals surface area contributed by atoms with E-state index in [9.17, 15) is 0 Å². The van der Waals surface area contributed by atoms with E-state index in [1.54, 1.807) is 0 Å². The molecule has 0 aromatic heterocycles. The van der Waals surface area contributed by atoms with Crippen LogP contribution >= 0.6 is 22.6 Å². The van der Waals surface area contributed by atoms with E-state index >= 15 is 0 Å². The van der Waals surface area contributed by atoms with Crippen LogP contribution < -0.4 is 4.90 Å². The summed E-state index contributed by atoms with van der Waals surface area (Å²) >= 11 is 2.48. The lowest BCUT2D eigenvalue weighted by Crippen LogP contribution is -2.26. The Morgan fingerprint density at radius 1 is 1.12 bits per heavy atom. The Morgan fingerprint density at radius 2 is 1.84 bits per heavy atom. The molecule has 0 amide bonds. The zero-order valence-electron chi connectivity index (χ0n) is 16.3. The van der Waals surface area contributed by atoms with E-state index in [2.05, 4.69) is 117 Å². The van der Waals surface area contributed by atoms with Gasteiger partial charge in [-0.2, -0.15) is 0 Å². The first-order valence-electron chi connectivity index (χ1n) is 9.42. The van der Waals surface area contributed by atoms with E-state index in [1.165, 1.54) is 21.4 Å². The quantitative estimate of drug-likeness (QED) is 0.249. The zero-order chi connectivity index (χ0) is 18.4. The van der Waals surface area contributed by atoms with Crippen LogP contribution in [-0.4, -0.2) is 11.0 Å². The van der Waals surface area contributed by atoms with Crippen LogP contribution in [0.4, 0.5) is 5.69 Å². The maximum Gasteiger partial charge on any atom is 0.0450 e. The lowest BCUT2D eigenvalue weighted by atomic mass is 9.84. The van der Waals surface area contributed by atoms with E-state index in [-0.39, 0.29) is 5.41 Å².